The van der Waals surface area contributed by atoms with Crippen molar-refractivity contribution in [3.8, 4) is 0 Å². The third kappa shape index (κ3) is 2.80. The first-order chi connectivity index (χ1) is 7.47. The molecule has 3 heteroatoms. The van der Waals surface area contributed by atoms with Crippen molar-refractivity contribution < 1.29 is 14.2 Å². The number of rotatable bonds is 4. The summed E-state index contributed by atoms with van der Waals surface area (Å²) in [6.07, 6.45) is -1.32. The zero-order valence-corrected chi connectivity index (χ0v) is 10.2. The van der Waals surface area contributed by atoms with Crippen LogP contribution in [0.15, 0.2) is 18.2 Å². The molecule has 0 saturated carbocycles. The monoisotopic (exact) mass is 226 g/mol. The molecule has 0 bridgehead atoms. The Morgan fingerprint density at radius 2 is 1.94 bits per heavy atom. The summed E-state index contributed by atoms with van der Waals surface area (Å²) < 4.78 is 18.8. The van der Waals surface area contributed by atoms with Gasteiger partial charge in [-0.15, -0.1) is 0 Å². The standard InChI is InChI=1S/C13H19FO2/c1-8(2)13(16-4)12(15)10-7-9(3)5-6-11(10)14/h5-8,12-13,15H,1-4H3. The Morgan fingerprint density at radius 1 is 1.31 bits per heavy atom. The van der Waals surface area contributed by atoms with E-state index in [1.807, 2.05) is 20.8 Å². The van der Waals surface area contributed by atoms with Gasteiger partial charge in [0.25, 0.3) is 0 Å². The summed E-state index contributed by atoms with van der Waals surface area (Å²) in [7, 11) is 1.53. The highest BCUT2D eigenvalue weighted by Gasteiger charge is 2.26. The van der Waals surface area contributed by atoms with E-state index in [9.17, 15) is 9.50 Å². The molecule has 0 aliphatic rings. The maximum atomic E-state index is 13.6. The number of ether oxygens (including phenoxy) is 1. The molecule has 1 rings (SSSR count). The summed E-state index contributed by atoms with van der Waals surface area (Å²) in [4.78, 5) is 0. The van der Waals surface area contributed by atoms with Crippen molar-refractivity contribution in [2.24, 2.45) is 5.92 Å². The largest absolute Gasteiger partial charge is 0.386 e. The molecular formula is C13H19FO2. The van der Waals surface area contributed by atoms with Crippen molar-refractivity contribution in [1.29, 1.82) is 0 Å². The van der Waals surface area contributed by atoms with E-state index in [1.165, 1.54) is 13.2 Å². The fraction of sp³-hybridized carbons (Fsp3) is 0.538. The fourth-order valence-electron chi connectivity index (χ4n) is 1.83. The van der Waals surface area contributed by atoms with E-state index in [0.717, 1.165) is 5.56 Å². The van der Waals surface area contributed by atoms with E-state index in [-0.39, 0.29) is 11.7 Å². The topological polar surface area (TPSA) is 29.5 Å². The molecule has 0 saturated heterocycles. The first-order valence-electron chi connectivity index (χ1n) is 5.44. The van der Waals surface area contributed by atoms with Gasteiger partial charge in [-0.1, -0.05) is 31.5 Å². The molecule has 2 atom stereocenters. The van der Waals surface area contributed by atoms with E-state index in [1.54, 1.807) is 12.1 Å². The van der Waals surface area contributed by atoms with Gasteiger partial charge in [0, 0.05) is 12.7 Å². The minimum absolute atomic E-state index is 0.125. The van der Waals surface area contributed by atoms with Crippen LogP contribution in [-0.4, -0.2) is 18.3 Å². The number of methoxy groups -OCH3 is 1. The number of benzene rings is 1. The third-order valence-electron chi connectivity index (χ3n) is 2.71. The lowest BCUT2D eigenvalue weighted by Crippen LogP contribution is -2.27. The van der Waals surface area contributed by atoms with Gasteiger partial charge in [0.15, 0.2) is 0 Å². The normalized spacial score (nSPS) is 15.2. The average molecular weight is 226 g/mol. The predicted octanol–water partition coefficient (Wildman–Crippen LogP) is 2.84. The van der Waals surface area contributed by atoms with E-state index >= 15 is 0 Å². The molecule has 2 nitrogen and oxygen atoms in total. The van der Waals surface area contributed by atoms with E-state index < -0.39 is 12.2 Å². The second kappa shape index (κ2) is 5.41. The van der Waals surface area contributed by atoms with Crippen LogP contribution in [0.4, 0.5) is 4.39 Å². The minimum atomic E-state index is -0.926. The van der Waals surface area contributed by atoms with Gasteiger partial charge in [0.2, 0.25) is 0 Å². The fourth-order valence-corrected chi connectivity index (χ4v) is 1.83. The highest BCUT2D eigenvalue weighted by atomic mass is 19.1. The summed E-state index contributed by atoms with van der Waals surface area (Å²) in [6.45, 7) is 5.74. The SMILES string of the molecule is COC(C(C)C)C(O)c1cc(C)ccc1F. The van der Waals surface area contributed by atoms with Crippen molar-refractivity contribution in [3.63, 3.8) is 0 Å². The van der Waals surface area contributed by atoms with Crippen molar-refractivity contribution in [1.82, 2.24) is 0 Å². The summed E-state index contributed by atoms with van der Waals surface area (Å²) in [5, 5.41) is 10.1. The van der Waals surface area contributed by atoms with Crippen LogP contribution in [0.1, 0.15) is 31.1 Å². The molecular weight excluding hydrogens is 207 g/mol. The zero-order valence-electron chi connectivity index (χ0n) is 10.2. The van der Waals surface area contributed by atoms with Gasteiger partial charge >= 0.3 is 0 Å². The van der Waals surface area contributed by atoms with Crippen molar-refractivity contribution >= 4 is 0 Å². The van der Waals surface area contributed by atoms with Gasteiger partial charge in [0.1, 0.15) is 11.9 Å². The molecule has 0 heterocycles. The number of halogens is 1. The first kappa shape index (κ1) is 13.1. The van der Waals surface area contributed by atoms with E-state index in [4.69, 9.17) is 4.74 Å². The van der Waals surface area contributed by atoms with Gasteiger partial charge in [-0.3, -0.25) is 0 Å². The molecule has 1 aromatic rings. The molecule has 2 unspecified atom stereocenters. The maximum Gasteiger partial charge on any atom is 0.129 e. The Morgan fingerprint density at radius 3 is 2.44 bits per heavy atom. The molecule has 0 aliphatic carbocycles. The number of aryl methyl sites for hydroxylation is 1. The second-order valence-electron chi connectivity index (χ2n) is 4.41. The molecule has 0 spiro atoms. The van der Waals surface area contributed by atoms with Gasteiger partial charge < -0.3 is 9.84 Å². The lowest BCUT2D eigenvalue weighted by atomic mass is 9.94. The van der Waals surface area contributed by atoms with Gasteiger partial charge in [-0.2, -0.15) is 0 Å². The molecule has 1 aromatic carbocycles. The first-order valence-corrected chi connectivity index (χ1v) is 5.44. The Bertz CT molecular complexity index is 350. The highest BCUT2D eigenvalue weighted by Crippen LogP contribution is 2.26. The highest BCUT2D eigenvalue weighted by molar-refractivity contribution is 5.26. The molecule has 0 aliphatic heterocycles. The van der Waals surface area contributed by atoms with Crippen LogP contribution in [-0.2, 0) is 4.74 Å². The second-order valence-corrected chi connectivity index (χ2v) is 4.41. The van der Waals surface area contributed by atoms with Crippen LogP contribution in [0.25, 0.3) is 0 Å². The average Bonchev–Trinajstić information content (AvgIpc) is 2.22. The number of hydrogen-bond acceptors (Lipinski definition) is 2. The van der Waals surface area contributed by atoms with Crippen LogP contribution < -0.4 is 0 Å². The van der Waals surface area contributed by atoms with Crippen molar-refractivity contribution in [2.75, 3.05) is 7.11 Å². The summed E-state index contributed by atoms with van der Waals surface area (Å²) in [6, 6.07) is 4.72. The van der Waals surface area contributed by atoms with Crippen molar-refractivity contribution in [2.45, 2.75) is 33.0 Å². The quantitative estimate of drug-likeness (QED) is 0.855. The van der Waals surface area contributed by atoms with Crippen LogP contribution in [0.3, 0.4) is 0 Å². The van der Waals surface area contributed by atoms with Gasteiger partial charge in [-0.25, -0.2) is 4.39 Å². The van der Waals surface area contributed by atoms with Gasteiger partial charge in [0.05, 0.1) is 6.10 Å². The van der Waals surface area contributed by atoms with E-state index in [0.29, 0.717) is 5.56 Å². The number of aliphatic hydroxyl groups is 1. The van der Waals surface area contributed by atoms with Crippen molar-refractivity contribution in [3.05, 3.63) is 35.1 Å². The molecule has 0 radical (unpaired) electrons. The predicted molar refractivity (Wildman–Crippen MR) is 61.7 cm³/mol. The van der Waals surface area contributed by atoms with E-state index in [2.05, 4.69) is 0 Å². The Labute approximate surface area is 96.1 Å². The van der Waals surface area contributed by atoms with Crippen LogP contribution in [0.2, 0.25) is 0 Å². The maximum absolute atomic E-state index is 13.6. The van der Waals surface area contributed by atoms with Crippen LogP contribution in [0, 0.1) is 18.7 Å². The summed E-state index contributed by atoms with van der Waals surface area (Å²) in [5.41, 5.74) is 1.23. The molecule has 90 valence electrons. The Kier molecular flexibility index (Phi) is 4.44. The lowest BCUT2D eigenvalue weighted by Gasteiger charge is -2.25. The third-order valence-corrected chi connectivity index (χ3v) is 2.71. The Balaban J connectivity index is 3.02. The zero-order chi connectivity index (χ0) is 12.3. The summed E-state index contributed by atoms with van der Waals surface area (Å²) >= 11 is 0. The molecule has 0 aromatic heterocycles. The number of aliphatic hydroxyl groups excluding tert-OH is 1. The lowest BCUT2D eigenvalue weighted by molar-refractivity contribution is -0.0404. The minimum Gasteiger partial charge on any atom is -0.386 e. The molecule has 0 fully saturated rings. The van der Waals surface area contributed by atoms with Crippen LogP contribution >= 0.6 is 0 Å². The smallest absolute Gasteiger partial charge is 0.129 e. The Hall–Kier alpha value is -0.930. The summed E-state index contributed by atoms with van der Waals surface area (Å²) in [5.74, 6) is -0.263. The molecule has 0 amide bonds. The molecule has 16 heavy (non-hydrogen) atoms. The number of hydrogen-bond donors (Lipinski definition) is 1. The van der Waals surface area contributed by atoms with Gasteiger partial charge in [-0.05, 0) is 18.9 Å². The van der Waals surface area contributed by atoms with Crippen LogP contribution in [0.5, 0.6) is 0 Å². The molecule has 1 N–H and O–H groups in total.